The van der Waals surface area contributed by atoms with Crippen molar-refractivity contribution < 1.29 is 14.2 Å². The van der Waals surface area contributed by atoms with Crippen molar-refractivity contribution in [3.8, 4) is 5.75 Å². The van der Waals surface area contributed by atoms with E-state index >= 15 is 0 Å². The first-order chi connectivity index (χ1) is 11.5. The number of aliphatic imine (C=N–C) groups is 1. The van der Waals surface area contributed by atoms with Gasteiger partial charge in [0, 0.05) is 27.3 Å². The summed E-state index contributed by atoms with van der Waals surface area (Å²) in [5.74, 6) is 1.60. The predicted molar refractivity (Wildman–Crippen MR) is 113 cm³/mol. The molecule has 0 aliphatic carbocycles. The van der Waals surface area contributed by atoms with Crippen LogP contribution in [0.2, 0.25) is 0 Å². The highest BCUT2D eigenvalue weighted by Gasteiger charge is 2.16. The van der Waals surface area contributed by atoms with E-state index in [2.05, 4.69) is 15.6 Å². The Morgan fingerprint density at radius 1 is 1.16 bits per heavy atom. The van der Waals surface area contributed by atoms with Crippen LogP contribution in [0.15, 0.2) is 29.3 Å². The molecule has 0 heterocycles. The molecule has 0 aliphatic rings. The summed E-state index contributed by atoms with van der Waals surface area (Å²) in [5.41, 5.74) is 0.846. The maximum absolute atomic E-state index is 5.63. The third kappa shape index (κ3) is 10.5. The average Bonchev–Trinajstić information content (AvgIpc) is 2.58. The van der Waals surface area contributed by atoms with Gasteiger partial charge in [-0.05, 0) is 38.5 Å². The fourth-order valence-corrected chi connectivity index (χ4v) is 1.86. The lowest BCUT2D eigenvalue weighted by Gasteiger charge is -2.24. The number of guanidine groups is 1. The summed E-state index contributed by atoms with van der Waals surface area (Å²) < 4.78 is 16.0. The number of halogens is 1. The predicted octanol–water partition coefficient (Wildman–Crippen LogP) is 2.81. The van der Waals surface area contributed by atoms with Gasteiger partial charge in [-0.3, -0.25) is 0 Å². The van der Waals surface area contributed by atoms with Crippen LogP contribution in [-0.4, -0.2) is 52.1 Å². The molecule has 0 bridgehead atoms. The third-order valence-electron chi connectivity index (χ3n) is 3.45. The number of hydrogen-bond donors (Lipinski definition) is 2. The van der Waals surface area contributed by atoms with Crippen molar-refractivity contribution in [1.82, 2.24) is 10.6 Å². The molecule has 0 atom stereocenters. The third-order valence-corrected chi connectivity index (χ3v) is 3.45. The minimum Gasteiger partial charge on any atom is -0.491 e. The van der Waals surface area contributed by atoms with Crippen molar-refractivity contribution in [3.63, 3.8) is 0 Å². The standard InChI is InChI=1S/C18H31N3O3.HI/c1-6-19-17(21-14-18(2,3)23-5)20-13-15-8-7-9-16(12-15)24-11-10-22-4;/h7-9,12H,6,10-11,13-14H2,1-5H3,(H2,19,20,21);1H. The molecule has 2 N–H and O–H groups in total. The summed E-state index contributed by atoms with van der Waals surface area (Å²) in [5, 5.41) is 6.55. The molecule has 25 heavy (non-hydrogen) atoms. The van der Waals surface area contributed by atoms with E-state index in [4.69, 9.17) is 14.2 Å². The lowest BCUT2D eigenvalue weighted by molar-refractivity contribution is 0.0268. The Hall–Kier alpha value is -1.06. The Labute approximate surface area is 168 Å². The van der Waals surface area contributed by atoms with Crippen molar-refractivity contribution in [1.29, 1.82) is 0 Å². The van der Waals surface area contributed by atoms with Gasteiger partial charge in [-0.25, -0.2) is 4.99 Å². The molecule has 144 valence electrons. The molecule has 0 fully saturated rings. The first-order valence-electron chi connectivity index (χ1n) is 8.28. The van der Waals surface area contributed by atoms with Gasteiger partial charge < -0.3 is 24.8 Å². The molecular weight excluding hydrogens is 433 g/mol. The molecule has 0 aliphatic heterocycles. The fraction of sp³-hybridized carbons (Fsp3) is 0.611. The lowest BCUT2D eigenvalue weighted by atomic mass is 10.1. The highest BCUT2D eigenvalue weighted by molar-refractivity contribution is 14.0. The van der Waals surface area contributed by atoms with E-state index < -0.39 is 0 Å². The first kappa shape index (κ1) is 23.9. The van der Waals surface area contributed by atoms with Gasteiger partial charge in [0.15, 0.2) is 5.96 Å². The Kier molecular flexibility index (Phi) is 12.6. The van der Waals surface area contributed by atoms with Crippen LogP contribution >= 0.6 is 24.0 Å². The van der Waals surface area contributed by atoms with Crippen molar-refractivity contribution in [2.75, 3.05) is 40.5 Å². The number of nitrogens with zero attached hydrogens (tertiary/aromatic N) is 1. The maximum Gasteiger partial charge on any atom is 0.191 e. The quantitative estimate of drug-likeness (QED) is 0.241. The second kappa shape index (κ2) is 13.2. The van der Waals surface area contributed by atoms with Crippen LogP contribution in [-0.2, 0) is 16.0 Å². The molecule has 6 nitrogen and oxygen atoms in total. The number of ether oxygens (including phenoxy) is 3. The minimum atomic E-state index is -0.245. The number of benzene rings is 1. The Morgan fingerprint density at radius 2 is 1.92 bits per heavy atom. The number of nitrogens with one attached hydrogen (secondary N) is 2. The van der Waals surface area contributed by atoms with Gasteiger partial charge in [-0.2, -0.15) is 0 Å². The van der Waals surface area contributed by atoms with Crippen LogP contribution in [0.4, 0.5) is 0 Å². The molecule has 0 unspecified atom stereocenters. The van der Waals surface area contributed by atoms with Gasteiger partial charge in [0.1, 0.15) is 12.4 Å². The lowest BCUT2D eigenvalue weighted by Crippen LogP contribution is -2.45. The maximum atomic E-state index is 5.63. The van der Waals surface area contributed by atoms with Crippen molar-refractivity contribution >= 4 is 29.9 Å². The van der Waals surface area contributed by atoms with Gasteiger partial charge in [0.25, 0.3) is 0 Å². The summed E-state index contributed by atoms with van der Waals surface area (Å²) in [4.78, 5) is 4.62. The zero-order valence-corrected chi connectivity index (χ0v) is 18.3. The Bertz CT molecular complexity index is 510. The molecule has 0 aromatic heterocycles. The Balaban J connectivity index is 0.00000576. The van der Waals surface area contributed by atoms with E-state index in [-0.39, 0.29) is 29.6 Å². The van der Waals surface area contributed by atoms with Crippen LogP contribution in [0.1, 0.15) is 26.3 Å². The topological polar surface area (TPSA) is 64.1 Å². The van der Waals surface area contributed by atoms with E-state index in [1.165, 1.54) is 0 Å². The van der Waals surface area contributed by atoms with E-state index in [0.29, 0.717) is 26.3 Å². The molecule has 1 aromatic rings. The molecule has 0 saturated carbocycles. The van der Waals surface area contributed by atoms with Gasteiger partial charge in [-0.15, -0.1) is 24.0 Å². The van der Waals surface area contributed by atoms with E-state index in [0.717, 1.165) is 23.8 Å². The highest BCUT2D eigenvalue weighted by Crippen LogP contribution is 2.14. The van der Waals surface area contributed by atoms with Crippen molar-refractivity contribution in [2.45, 2.75) is 32.9 Å². The van der Waals surface area contributed by atoms with Gasteiger partial charge in [0.05, 0.1) is 18.8 Å². The smallest absolute Gasteiger partial charge is 0.191 e. The minimum absolute atomic E-state index is 0. The summed E-state index contributed by atoms with van der Waals surface area (Å²) >= 11 is 0. The van der Waals surface area contributed by atoms with Gasteiger partial charge in [-0.1, -0.05) is 12.1 Å². The second-order valence-electron chi connectivity index (χ2n) is 6.00. The normalized spacial score (nSPS) is 11.6. The Morgan fingerprint density at radius 3 is 2.56 bits per heavy atom. The number of methoxy groups -OCH3 is 2. The molecule has 0 radical (unpaired) electrons. The zero-order valence-electron chi connectivity index (χ0n) is 15.9. The average molecular weight is 465 g/mol. The zero-order chi connectivity index (χ0) is 17.8. The highest BCUT2D eigenvalue weighted by atomic mass is 127. The summed E-state index contributed by atoms with van der Waals surface area (Å²) in [7, 11) is 3.37. The van der Waals surface area contributed by atoms with Crippen molar-refractivity contribution in [2.24, 2.45) is 4.99 Å². The van der Waals surface area contributed by atoms with Crippen molar-refractivity contribution in [3.05, 3.63) is 29.8 Å². The largest absolute Gasteiger partial charge is 0.491 e. The van der Waals surface area contributed by atoms with Crippen LogP contribution in [0.5, 0.6) is 5.75 Å². The van der Waals surface area contributed by atoms with Gasteiger partial charge in [0.2, 0.25) is 0 Å². The summed E-state index contributed by atoms with van der Waals surface area (Å²) in [6, 6.07) is 7.95. The van der Waals surface area contributed by atoms with Crippen LogP contribution in [0.25, 0.3) is 0 Å². The number of hydrogen-bond acceptors (Lipinski definition) is 4. The molecule has 0 saturated heterocycles. The molecule has 1 rings (SSSR count). The fourth-order valence-electron chi connectivity index (χ4n) is 1.86. The molecule has 0 amide bonds. The van der Waals surface area contributed by atoms with E-state index in [1.807, 2.05) is 45.0 Å². The monoisotopic (exact) mass is 465 g/mol. The number of rotatable bonds is 10. The van der Waals surface area contributed by atoms with E-state index in [9.17, 15) is 0 Å². The molecule has 0 spiro atoms. The SMILES string of the molecule is CCNC(=NCc1cccc(OCCOC)c1)NCC(C)(C)OC.I. The van der Waals surface area contributed by atoms with Crippen LogP contribution < -0.4 is 15.4 Å². The van der Waals surface area contributed by atoms with Crippen LogP contribution in [0, 0.1) is 0 Å². The molecule has 1 aromatic carbocycles. The second-order valence-corrected chi connectivity index (χ2v) is 6.00. The van der Waals surface area contributed by atoms with E-state index in [1.54, 1.807) is 14.2 Å². The van der Waals surface area contributed by atoms with Crippen LogP contribution in [0.3, 0.4) is 0 Å². The summed E-state index contributed by atoms with van der Waals surface area (Å²) in [6.45, 7) is 9.28. The molecular formula is C18H32IN3O3. The first-order valence-corrected chi connectivity index (χ1v) is 8.28. The summed E-state index contributed by atoms with van der Waals surface area (Å²) in [6.07, 6.45) is 0. The molecule has 7 heteroatoms. The van der Waals surface area contributed by atoms with Gasteiger partial charge >= 0.3 is 0 Å².